The Balaban J connectivity index is 3.12. The summed E-state index contributed by atoms with van der Waals surface area (Å²) in [5.74, 6) is -0.0660. The molecule has 1 atom stereocenters. The number of nitrogens with two attached hydrogens (primary N) is 1. The van der Waals surface area contributed by atoms with Crippen LogP contribution in [0, 0.1) is 0 Å². The number of rotatable bonds is 2. The highest BCUT2D eigenvalue weighted by molar-refractivity contribution is 6.00. The summed E-state index contributed by atoms with van der Waals surface area (Å²) in [5.41, 5.74) is 6.88. The van der Waals surface area contributed by atoms with Crippen molar-refractivity contribution in [3.05, 3.63) is 17.5 Å². The lowest BCUT2D eigenvalue weighted by atomic mass is 9.87. The third kappa shape index (κ3) is 2.01. The fourth-order valence-corrected chi connectivity index (χ4v) is 1.29. The van der Waals surface area contributed by atoms with Crippen LogP contribution in [0.4, 0.5) is 0 Å². The molecule has 0 aromatic carbocycles. The molecule has 4 heteroatoms. The van der Waals surface area contributed by atoms with Crippen molar-refractivity contribution in [2.24, 2.45) is 5.73 Å². The first-order valence-electron chi connectivity index (χ1n) is 4.67. The molecule has 4 nitrogen and oxygen atoms in total. The van der Waals surface area contributed by atoms with Crippen LogP contribution in [-0.4, -0.2) is 22.0 Å². The number of aromatic amines is 1. The van der Waals surface area contributed by atoms with E-state index in [2.05, 4.69) is 10.2 Å². The summed E-state index contributed by atoms with van der Waals surface area (Å²) in [4.78, 5) is 11.7. The van der Waals surface area contributed by atoms with Crippen molar-refractivity contribution in [1.29, 1.82) is 0 Å². The highest BCUT2D eigenvalue weighted by Crippen LogP contribution is 2.23. The molecule has 0 fully saturated rings. The van der Waals surface area contributed by atoms with Crippen molar-refractivity contribution in [3.8, 4) is 0 Å². The Kier molecular flexibility index (Phi) is 2.76. The van der Waals surface area contributed by atoms with Crippen molar-refractivity contribution in [3.63, 3.8) is 0 Å². The first-order valence-corrected chi connectivity index (χ1v) is 4.67. The average molecular weight is 195 g/mol. The second-order valence-electron chi connectivity index (χ2n) is 4.56. The van der Waals surface area contributed by atoms with E-state index in [0.717, 1.165) is 5.69 Å². The zero-order valence-corrected chi connectivity index (χ0v) is 9.09. The minimum atomic E-state index is -0.478. The van der Waals surface area contributed by atoms with E-state index < -0.39 is 6.04 Å². The Hall–Kier alpha value is -1.16. The molecule has 0 radical (unpaired) electrons. The quantitative estimate of drug-likeness (QED) is 0.697. The van der Waals surface area contributed by atoms with E-state index >= 15 is 0 Å². The zero-order chi connectivity index (χ0) is 10.9. The maximum Gasteiger partial charge on any atom is 0.182 e. The summed E-state index contributed by atoms with van der Waals surface area (Å²) in [5, 5.41) is 6.75. The maximum atomic E-state index is 11.7. The Labute approximate surface area is 83.9 Å². The summed E-state index contributed by atoms with van der Waals surface area (Å²) in [6.07, 6.45) is 1.55. The van der Waals surface area contributed by atoms with E-state index in [0.29, 0.717) is 5.56 Å². The molecule has 0 bridgehead atoms. The highest BCUT2D eigenvalue weighted by atomic mass is 16.1. The van der Waals surface area contributed by atoms with Crippen molar-refractivity contribution in [2.75, 3.05) is 0 Å². The van der Waals surface area contributed by atoms with Crippen LogP contribution in [0.25, 0.3) is 0 Å². The van der Waals surface area contributed by atoms with Gasteiger partial charge in [0.25, 0.3) is 0 Å². The van der Waals surface area contributed by atoms with Gasteiger partial charge in [0.05, 0.1) is 23.5 Å². The Bertz CT molecular complexity index is 333. The Morgan fingerprint density at radius 2 is 2.14 bits per heavy atom. The van der Waals surface area contributed by atoms with Gasteiger partial charge in [-0.1, -0.05) is 20.8 Å². The second-order valence-corrected chi connectivity index (χ2v) is 4.56. The number of carbonyl (C=O) groups is 1. The van der Waals surface area contributed by atoms with Crippen LogP contribution in [0.2, 0.25) is 0 Å². The van der Waals surface area contributed by atoms with E-state index in [-0.39, 0.29) is 11.2 Å². The fourth-order valence-electron chi connectivity index (χ4n) is 1.29. The molecule has 1 aromatic heterocycles. The van der Waals surface area contributed by atoms with Crippen molar-refractivity contribution in [2.45, 2.75) is 39.2 Å². The van der Waals surface area contributed by atoms with Gasteiger partial charge in [-0.15, -0.1) is 0 Å². The van der Waals surface area contributed by atoms with Gasteiger partial charge in [-0.3, -0.25) is 9.89 Å². The van der Waals surface area contributed by atoms with Crippen LogP contribution in [-0.2, 0) is 5.41 Å². The minimum Gasteiger partial charge on any atom is -0.321 e. The number of Topliss-reactive ketones (excluding diaryl/α,β-unsaturated/α-hetero) is 1. The molecule has 0 saturated heterocycles. The molecular weight excluding hydrogens is 178 g/mol. The van der Waals surface area contributed by atoms with Crippen molar-refractivity contribution < 1.29 is 4.79 Å². The Morgan fingerprint density at radius 3 is 2.57 bits per heavy atom. The maximum absolute atomic E-state index is 11.7. The van der Waals surface area contributed by atoms with Crippen molar-refractivity contribution >= 4 is 5.78 Å². The van der Waals surface area contributed by atoms with Gasteiger partial charge in [-0.25, -0.2) is 0 Å². The van der Waals surface area contributed by atoms with Gasteiger partial charge < -0.3 is 5.73 Å². The smallest absolute Gasteiger partial charge is 0.182 e. The number of hydrogen-bond donors (Lipinski definition) is 2. The minimum absolute atomic E-state index is 0.0660. The summed E-state index contributed by atoms with van der Waals surface area (Å²) in [6, 6.07) is -0.478. The van der Waals surface area contributed by atoms with E-state index in [1.807, 2.05) is 20.8 Å². The zero-order valence-electron chi connectivity index (χ0n) is 9.09. The molecule has 1 aromatic rings. The molecule has 0 aliphatic rings. The molecule has 1 rings (SSSR count). The first-order chi connectivity index (χ1) is 6.34. The van der Waals surface area contributed by atoms with E-state index in [4.69, 9.17) is 5.73 Å². The van der Waals surface area contributed by atoms with E-state index in [1.165, 1.54) is 0 Å². The lowest BCUT2D eigenvalue weighted by Gasteiger charge is -2.18. The summed E-state index contributed by atoms with van der Waals surface area (Å²) < 4.78 is 0. The molecule has 1 unspecified atom stereocenters. The van der Waals surface area contributed by atoms with Gasteiger partial charge in [-0.05, 0) is 6.92 Å². The molecule has 0 amide bonds. The summed E-state index contributed by atoms with van der Waals surface area (Å²) >= 11 is 0. The number of hydrogen-bond acceptors (Lipinski definition) is 3. The van der Waals surface area contributed by atoms with Gasteiger partial charge >= 0.3 is 0 Å². The molecular formula is C10H17N3O. The van der Waals surface area contributed by atoms with Crippen LogP contribution < -0.4 is 5.73 Å². The molecule has 78 valence electrons. The van der Waals surface area contributed by atoms with E-state index in [9.17, 15) is 4.79 Å². The molecule has 1 heterocycles. The number of aromatic nitrogens is 2. The Morgan fingerprint density at radius 1 is 1.57 bits per heavy atom. The monoisotopic (exact) mass is 195 g/mol. The molecule has 0 aliphatic carbocycles. The van der Waals surface area contributed by atoms with E-state index in [1.54, 1.807) is 13.1 Å². The predicted octanol–water partition coefficient (Wildman–Crippen LogP) is 1.24. The van der Waals surface area contributed by atoms with Crippen LogP contribution in [0.5, 0.6) is 0 Å². The van der Waals surface area contributed by atoms with Crippen LogP contribution in [0.3, 0.4) is 0 Å². The van der Waals surface area contributed by atoms with Crippen molar-refractivity contribution in [1.82, 2.24) is 10.2 Å². The molecule has 3 N–H and O–H groups in total. The topological polar surface area (TPSA) is 71.8 Å². The lowest BCUT2D eigenvalue weighted by Crippen LogP contribution is -2.29. The first kappa shape index (κ1) is 10.9. The van der Waals surface area contributed by atoms with Gasteiger partial charge in [-0.2, -0.15) is 5.10 Å². The molecule has 0 spiro atoms. The number of carbonyl (C=O) groups excluding carboxylic acids is 1. The van der Waals surface area contributed by atoms with Crippen LogP contribution in [0.15, 0.2) is 6.20 Å². The van der Waals surface area contributed by atoms with Gasteiger partial charge in [0.1, 0.15) is 0 Å². The molecule has 0 aliphatic heterocycles. The number of nitrogens with zero attached hydrogens (tertiary/aromatic N) is 1. The largest absolute Gasteiger partial charge is 0.321 e. The van der Waals surface area contributed by atoms with Crippen LogP contribution in [0.1, 0.15) is 43.7 Å². The number of H-pyrrole nitrogens is 1. The summed E-state index contributed by atoms with van der Waals surface area (Å²) in [7, 11) is 0. The highest BCUT2D eigenvalue weighted by Gasteiger charge is 2.25. The van der Waals surface area contributed by atoms with Gasteiger partial charge in [0.2, 0.25) is 0 Å². The number of ketones is 1. The second kappa shape index (κ2) is 3.53. The average Bonchev–Trinajstić information content (AvgIpc) is 2.48. The molecule has 14 heavy (non-hydrogen) atoms. The summed E-state index contributed by atoms with van der Waals surface area (Å²) in [6.45, 7) is 7.76. The van der Waals surface area contributed by atoms with Gasteiger partial charge in [0.15, 0.2) is 5.78 Å². The fraction of sp³-hybridized carbons (Fsp3) is 0.600. The lowest BCUT2D eigenvalue weighted by molar-refractivity contribution is 0.0966. The SMILES string of the molecule is CC(N)C(=O)c1cn[nH]c1C(C)(C)C. The third-order valence-electron chi connectivity index (χ3n) is 2.07. The van der Waals surface area contributed by atoms with Gasteiger partial charge in [0, 0.05) is 5.41 Å². The van der Waals surface area contributed by atoms with Crippen LogP contribution >= 0.6 is 0 Å². The standard InChI is InChI=1S/C10H17N3O/c1-6(11)8(14)7-5-12-13-9(7)10(2,3)4/h5-6H,11H2,1-4H3,(H,12,13). The third-order valence-corrected chi connectivity index (χ3v) is 2.07. The normalized spacial score (nSPS) is 14.1. The molecule has 0 saturated carbocycles. The predicted molar refractivity (Wildman–Crippen MR) is 55.3 cm³/mol. The number of nitrogens with one attached hydrogen (secondary N) is 1.